The van der Waals surface area contributed by atoms with E-state index in [1.807, 2.05) is 49.4 Å². The summed E-state index contributed by atoms with van der Waals surface area (Å²) in [6.07, 6.45) is 0. The van der Waals surface area contributed by atoms with Gasteiger partial charge in [0.25, 0.3) is 5.91 Å². The fraction of sp³-hybridized carbons (Fsp3) is 0.174. The monoisotopic (exact) mass is 344 g/mol. The highest BCUT2D eigenvalue weighted by atomic mass is 16.1. The van der Waals surface area contributed by atoms with E-state index < -0.39 is 0 Å². The molecule has 2 N–H and O–H groups in total. The van der Waals surface area contributed by atoms with Crippen molar-refractivity contribution >= 4 is 11.6 Å². The van der Waals surface area contributed by atoms with Gasteiger partial charge in [-0.3, -0.25) is 4.79 Å². The molecule has 3 rings (SSSR count). The highest BCUT2D eigenvalue weighted by molar-refractivity contribution is 6.04. The molecular weight excluding hydrogens is 320 g/mol. The summed E-state index contributed by atoms with van der Waals surface area (Å²) < 4.78 is 0. The highest BCUT2D eigenvalue weighted by Gasteiger charge is 2.06. The summed E-state index contributed by atoms with van der Waals surface area (Å²) in [6.45, 7) is 5.67. The number of aryl methyl sites for hydroxylation is 2. The Hall–Kier alpha value is -2.91. The lowest BCUT2D eigenvalue weighted by atomic mass is 10.1. The summed E-state index contributed by atoms with van der Waals surface area (Å²) in [7, 11) is 0. The Labute approximate surface area is 155 Å². The van der Waals surface area contributed by atoms with Gasteiger partial charge in [-0.2, -0.15) is 0 Å². The van der Waals surface area contributed by atoms with Crippen LogP contribution in [0.1, 0.15) is 32.6 Å². The molecule has 0 bridgehead atoms. The summed E-state index contributed by atoms with van der Waals surface area (Å²) >= 11 is 0. The molecule has 3 aromatic carbocycles. The lowest BCUT2D eigenvalue weighted by molar-refractivity contribution is 0.102. The summed E-state index contributed by atoms with van der Waals surface area (Å²) in [5.74, 6) is -0.0882. The van der Waals surface area contributed by atoms with Crippen molar-refractivity contribution in [2.45, 2.75) is 26.9 Å². The zero-order valence-electron chi connectivity index (χ0n) is 15.3. The minimum absolute atomic E-state index is 0.0882. The maximum atomic E-state index is 12.3. The Bertz CT molecular complexity index is 867. The van der Waals surface area contributed by atoms with Gasteiger partial charge in [0.1, 0.15) is 0 Å². The molecule has 132 valence electrons. The van der Waals surface area contributed by atoms with Crippen LogP contribution >= 0.6 is 0 Å². The maximum Gasteiger partial charge on any atom is 0.255 e. The molecule has 0 aliphatic rings. The maximum absolute atomic E-state index is 12.3. The first-order valence-electron chi connectivity index (χ1n) is 8.83. The van der Waals surface area contributed by atoms with Gasteiger partial charge in [-0.1, -0.05) is 59.7 Å². The van der Waals surface area contributed by atoms with Crippen molar-refractivity contribution < 1.29 is 4.79 Å². The Morgan fingerprint density at radius 1 is 0.769 bits per heavy atom. The van der Waals surface area contributed by atoms with Crippen LogP contribution < -0.4 is 10.6 Å². The molecule has 26 heavy (non-hydrogen) atoms. The Balaban J connectivity index is 1.56. The van der Waals surface area contributed by atoms with Crippen molar-refractivity contribution in [1.29, 1.82) is 0 Å². The van der Waals surface area contributed by atoms with Crippen molar-refractivity contribution in [3.63, 3.8) is 0 Å². The molecule has 0 saturated heterocycles. The third-order valence-electron chi connectivity index (χ3n) is 4.28. The molecule has 0 unspecified atom stereocenters. The Morgan fingerprint density at radius 2 is 1.38 bits per heavy atom. The van der Waals surface area contributed by atoms with Crippen LogP contribution in [0.3, 0.4) is 0 Å². The van der Waals surface area contributed by atoms with E-state index in [1.54, 1.807) is 0 Å². The molecule has 0 aromatic heterocycles. The molecule has 0 fully saturated rings. The van der Waals surface area contributed by atoms with E-state index in [4.69, 9.17) is 0 Å². The standard InChI is InChI=1S/C23H24N2O/c1-17-6-10-19(11-7-17)15-24-16-20-4-3-5-22(14-20)25-23(26)21-12-8-18(2)9-13-21/h3-14,24H,15-16H2,1-2H3,(H,25,26). The summed E-state index contributed by atoms with van der Waals surface area (Å²) in [5, 5.41) is 6.41. The molecule has 0 aliphatic heterocycles. The molecular formula is C23H24N2O. The number of benzene rings is 3. The summed E-state index contributed by atoms with van der Waals surface area (Å²) in [5.41, 5.74) is 6.29. The fourth-order valence-corrected chi connectivity index (χ4v) is 2.72. The second kappa shape index (κ2) is 8.45. The first-order valence-corrected chi connectivity index (χ1v) is 8.83. The Kier molecular flexibility index (Phi) is 5.82. The van der Waals surface area contributed by atoms with Gasteiger partial charge in [0.05, 0.1) is 0 Å². The molecule has 1 amide bonds. The number of hydrogen-bond donors (Lipinski definition) is 2. The SMILES string of the molecule is Cc1ccc(CNCc2cccc(NC(=O)c3ccc(C)cc3)c2)cc1. The average Bonchev–Trinajstić information content (AvgIpc) is 2.64. The number of carbonyl (C=O) groups excluding carboxylic acids is 1. The lowest BCUT2D eigenvalue weighted by Gasteiger charge is -2.09. The van der Waals surface area contributed by atoms with Gasteiger partial charge in [-0.05, 0) is 49.2 Å². The van der Waals surface area contributed by atoms with Crippen molar-refractivity contribution in [2.75, 3.05) is 5.32 Å². The topological polar surface area (TPSA) is 41.1 Å². The van der Waals surface area contributed by atoms with Crippen LogP contribution in [0.4, 0.5) is 5.69 Å². The van der Waals surface area contributed by atoms with Crippen LogP contribution in [0.5, 0.6) is 0 Å². The van der Waals surface area contributed by atoms with E-state index in [2.05, 4.69) is 47.9 Å². The molecule has 0 radical (unpaired) electrons. The lowest BCUT2D eigenvalue weighted by Crippen LogP contribution is -2.14. The van der Waals surface area contributed by atoms with Gasteiger partial charge in [-0.25, -0.2) is 0 Å². The minimum Gasteiger partial charge on any atom is -0.322 e. The Morgan fingerprint density at radius 3 is 2.08 bits per heavy atom. The molecule has 0 spiro atoms. The van der Waals surface area contributed by atoms with Gasteiger partial charge in [0.15, 0.2) is 0 Å². The van der Waals surface area contributed by atoms with Gasteiger partial charge in [-0.15, -0.1) is 0 Å². The van der Waals surface area contributed by atoms with Gasteiger partial charge >= 0.3 is 0 Å². The van der Waals surface area contributed by atoms with Crippen LogP contribution in [-0.2, 0) is 13.1 Å². The third-order valence-corrected chi connectivity index (χ3v) is 4.28. The molecule has 0 aliphatic carbocycles. The summed E-state index contributed by atoms with van der Waals surface area (Å²) in [6, 6.07) is 24.1. The first-order chi connectivity index (χ1) is 12.6. The molecule has 0 heterocycles. The zero-order valence-corrected chi connectivity index (χ0v) is 15.3. The normalized spacial score (nSPS) is 10.5. The van der Waals surface area contributed by atoms with Gasteiger partial charge < -0.3 is 10.6 Å². The van der Waals surface area contributed by atoms with Crippen LogP contribution in [-0.4, -0.2) is 5.91 Å². The first kappa shape index (κ1) is 17.9. The number of hydrogen-bond acceptors (Lipinski definition) is 2. The van der Waals surface area contributed by atoms with E-state index in [0.29, 0.717) is 5.56 Å². The number of carbonyl (C=O) groups is 1. The van der Waals surface area contributed by atoms with E-state index in [0.717, 1.165) is 29.9 Å². The largest absolute Gasteiger partial charge is 0.322 e. The van der Waals surface area contributed by atoms with E-state index in [1.165, 1.54) is 11.1 Å². The summed E-state index contributed by atoms with van der Waals surface area (Å²) in [4.78, 5) is 12.3. The van der Waals surface area contributed by atoms with Crippen LogP contribution in [0.15, 0.2) is 72.8 Å². The molecule has 0 saturated carbocycles. The second-order valence-corrected chi connectivity index (χ2v) is 6.61. The number of rotatable bonds is 6. The van der Waals surface area contributed by atoms with E-state index in [9.17, 15) is 4.79 Å². The van der Waals surface area contributed by atoms with Crippen molar-refractivity contribution in [3.8, 4) is 0 Å². The zero-order chi connectivity index (χ0) is 18.4. The number of anilines is 1. The predicted molar refractivity (Wildman–Crippen MR) is 107 cm³/mol. The average molecular weight is 344 g/mol. The smallest absolute Gasteiger partial charge is 0.255 e. The van der Waals surface area contributed by atoms with E-state index in [-0.39, 0.29) is 5.91 Å². The van der Waals surface area contributed by atoms with Crippen LogP contribution in [0, 0.1) is 13.8 Å². The number of amides is 1. The van der Waals surface area contributed by atoms with Crippen molar-refractivity contribution in [1.82, 2.24) is 5.32 Å². The van der Waals surface area contributed by atoms with Crippen molar-refractivity contribution in [3.05, 3.63) is 101 Å². The van der Waals surface area contributed by atoms with Crippen molar-refractivity contribution in [2.24, 2.45) is 0 Å². The van der Waals surface area contributed by atoms with Crippen LogP contribution in [0.2, 0.25) is 0 Å². The third kappa shape index (κ3) is 5.04. The predicted octanol–water partition coefficient (Wildman–Crippen LogP) is 4.85. The molecule has 3 nitrogen and oxygen atoms in total. The number of nitrogens with one attached hydrogen (secondary N) is 2. The molecule has 3 heteroatoms. The highest BCUT2D eigenvalue weighted by Crippen LogP contribution is 2.13. The minimum atomic E-state index is -0.0882. The second-order valence-electron chi connectivity index (χ2n) is 6.61. The van der Waals surface area contributed by atoms with Gasteiger partial charge in [0, 0.05) is 24.3 Å². The van der Waals surface area contributed by atoms with Crippen LogP contribution in [0.25, 0.3) is 0 Å². The fourth-order valence-electron chi connectivity index (χ4n) is 2.72. The molecule has 3 aromatic rings. The van der Waals surface area contributed by atoms with Gasteiger partial charge in [0.2, 0.25) is 0 Å². The van der Waals surface area contributed by atoms with E-state index >= 15 is 0 Å². The molecule has 0 atom stereocenters. The quantitative estimate of drug-likeness (QED) is 0.671.